The number of pyridine rings is 1. The molecule has 0 spiro atoms. The zero-order valence-electron chi connectivity index (χ0n) is 19.2. The van der Waals surface area contributed by atoms with Crippen LogP contribution in [0.4, 0.5) is 10.1 Å². The van der Waals surface area contributed by atoms with Gasteiger partial charge in [-0.15, -0.1) is 0 Å². The average Bonchev–Trinajstić information content (AvgIpc) is 2.80. The Balaban J connectivity index is 1.53. The zero-order chi connectivity index (χ0) is 23.6. The van der Waals surface area contributed by atoms with Crippen molar-refractivity contribution >= 4 is 5.69 Å². The van der Waals surface area contributed by atoms with Gasteiger partial charge in [0.15, 0.2) is 5.82 Å². The molecule has 2 aromatic heterocycles. The average molecular weight is 447 g/mol. The minimum absolute atomic E-state index is 0.256. The summed E-state index contributed by atoms with van der Waals surface area (Å²) in [6, 6.07) is 12.0. The Kier molecular flexibility index (Phi) is 6.24. The highest BCUT2D eigenvalue weighted by molar-refractivity contribution is 5.64. The van der Waals surface area contributed by atoms with Crippen molar-refractivity contribution in [1.82, 2.24) is 15.0 Å². The molecule has 1 N–H and O–H groups in total. The second-order valence-electron chi connectivity index (χ2n) is 8.66. The molecule has 0 atom stereocenters. The normalized spacial score (nSPS) is 14.4. The van der Waals surface area contributed by atoms with Crippen LogP contribution in [0.2, 0.25) is 0 Å². The van der Waals surface area contributed by atoms with Gasteiger partial charge in [-0.2, -0.15) is 0 Å². The lowest BCUT2D eigenvalue weighted by Crippen LogP contribution is -2.27. The Hall–Kier alpha value is -3.58. The molecule has 0 bridgehead atoms. The molecule has 0 aliphatic carbocycles. The van der Waals surface area contributed by atoms with Gasteiger partial charge < -0.3 is 14.7 Å². The standard InChI is InChI=1S/C26H27FN4O2/c1-17-15-31(18(2)13-24(17)33-16-19-5-7-20(27)8-6-19)21-9-11-28-23(14-21)22-10-12-29-25(30-22)26(3,4)32/h5-14,32H,15-16H2,1-4H3. The Morgan fingerprint density at radius 3 is 2.48 bits per heavy atom. The van der Waals surface area contributed by atoms with Crippen LogP contribution < -0.4 is 4.90 Å². The summed E-state index contributed by atoms with van der Waals surface area (Å²) in [5.41, 5.74) is 4.24. The molecule has 170 valence electrons. The number of anilines is 1. The molecule has 4 rings (SSSR count). The van der Waals surface area contributed by atoms with Crippen LogP contribution in [0.25, 0.3) is 11.4 Å². The van der Waals surface area contributed by atoms with Crippen molar-refractivity contribution in [2.45, 2.75) is 39.9 Å². The van der Waals surface area contributed by atoms with Crippen LogP contribution in [-0.4, -0.2) is 26.6 Å². The largest absolute Gasteiger partial charge is 0.489 e. The Morgan fingerprint density at radius 1 is 1.03 bits per heavy atom. The van der Waals surface area contributed by atoms with E-state index in [1.165, 1.54) is 12.1 Å². The van der Waals surface area contributed by atoms with Gasteiger partial charge in [0.05, 0.1) is 11.4 Å². The maximum Gasteiger partial charge on any atom is 0.160 e. The predicted molar refractivity (Wildman–Crippen MR) is 125 cm³/mol. The minimum atomic E-state index is -1.13. The SMILES string of the molecule is CC1=CC(OCc2ccc(F)cc2)=C(C)CN1c1ccnc(-c2ccnc(C(C)(C)O)n2)c1. The van der Waals surface area contributed by atoms with E-state index in [2.05, 4.69) is 19.9 Å². The molecular weight excluding hydrogens is 419 g/mol. The maximum atomic E-state index is 13.1. The third-order valence-corrected chi connectivity index (χ3v) is 5.41. The highest BCUT2D eigenvalue weighted by atomic mass is 19.1. The van der Waals surface area contributed by atoms with Crippen molar-refractivity contribution < 1.29 is 14.2 Å². The van der Waals surface area contributed by atoms with E-state index in [0.717, 1.165) is 28.3 Å². The maximum absolute atomic E-state index is 13.1. The molecular formula is C26H27FN4O2. The number of nitrogens with zero attached hydrogens (tertiary/aromatic N) is 4. The van der Waals surface area contributed by atoms with Gasteiger partial charge in [-0.25, -0.2) is 14.4 Å². The second-order valence-corrected chi connectivity index (χ2v) is 8.66. The highest BCUT2D eigenvalue weighted by Gasteiger charge is 2.21. The van der Waals surface area contributed by atoms with Gasteiger partial charge >= 0.3 is 0 Å². The van der Waals surface area contributed by atoms with E-state index in [4.69, 9.17) is 4.74 Å². The first-order valence-electron chi connectivity index (χ1n) is 10.8. The first-order valence-corrected chi connectivity index (χ1v) is 10.8. The predicted octanol–water partition coefficient (Wildman–Crippen LogP) is 5.12. The van der Waals surface area contributed by atoms with E-state index in [1.54, 1.807) is 44.4 Å². The number of rotatable bonds is 6. The van der Waals surface area contributed by atoms with Crippen molar-refractivity contribution in [1.29, 1.82) is 0 Å². The van der Waals surface area contributed by atoms with Crippen molar-refractivity contribution in [3.63, 3.8) is 0 Å². The number of ether oxygens (including phenoxy) is 1. The van der Waals surface area contributed by atoms with Gasteiger partial charge in [-0.05, 0) is 75.2 Å². The second kappa shape index (κ2) is 9.11. The summed E-state index contributed by atoms with van der Waals surface area (Å²) in [6.45, 7) is 8.44. The number of aliphatic hydroxyl groups is 1. The van der Waals surface area contributed by atoms with Crippen LogP contribution in [0, 0.1) is 5.82 Å². The van der Waals surface area contributed by atoms with Crippen molar-refractivity contribution in [2.75, 3.05) is 11.4 Å². The topological polar surface area (TPSA) is 71.4 Å². The van der Waals surface area contributed by atoms with Crippen molar-refractivity contribution in [3.05, 3.63) is 95.2 Å². The molecule has 3 aromatic rings. The van der Waals surface area contributed by atoms with Gasteiger partial charge in [0, 0.05) is 30.3 Å². The minimum Gasteiger partial charge on any atom is -0.489 e. The molecule has 6 nitrogen and oxygen atoms in total. The third kappa shape index (κ3) is 5.26. The molecule has 0 unspecified atom stereocenters. The fraction of sp³-hybridized carbons (Fsp3) is 0.269. The third-order valence-electron chi connectivity index (χ3n) is 5.41. The summed E-state index contributed by atoms with van der Waals surface area (Å²) < 4.78 is 19.1. The number of benzene rings is 1. The number of allylic oxidation sites excluding steroid dienone is 2. The smallest absolute Gasteiger partial charge is 0.160 e. The number of hydrogen-bond acceptors (Lipinski definition) is 6. The molecule has 7 heteroatoms. The highest BCUT2D eigenvalue weighted by Crippen LogP contribution is 2.30. The lowest BCUT2D eigenvalue weighted by molar-refractivity contribution is 0.0688. The summed E-state index contributed by atoms with van der Waals surface area (Å²) in [4.78, 5) is 15.3. The zero-order valence-corrected chi connectivity index (χ0v) is 19.2. The van der Waals surface area contributed by atoms with Gasteiger partial charge in [-0.3, -0.25) is 4.98 Å². The summed E-state index contributed by atoms with van der Waals surface area (Å²) in [5.74, 6) is 0.920. The molecule has 0 saturated carbocycles. The van der Waals surface area contributed by atoms with Crippen LogP contribution in [-0.2, 0) is 16.9 Å². The molecule has 1 aliphatic rings. The van der Waals surface area contributed by atoms with E-state index in [-0.39, 0.29) is 5.82 Å². The lowest BCUT2D eigenvalue weighted by Gasteiger charge is -2.31. The van der Waals surface area contributed by atoms with E-state index < -0.39 is 5.60 Å². The molecule has 0 fully saturated rings. The first kappa shape index (κ1) is 22.6. The summed E-state index contributed by atoms with van der Waals surface area (Å²) in [6.07, 6.45) is 5.40. The van der Waals surface area contributed by atoms with Gasteiger partial charge in [-0.1, -0.05) is 12.1 Å². The summed E-state index contributed by atoms with van der Waals surface area (Å²) >= 11 is 0. The summed E-state index contributed by atoms with van der Waals surface area (Å²) in [5, 5.41) is 10.2. The fourth-order valence-electron chi connectivity index (χ4n) is 3.56. The Bertz CT molecular complexity index is 1210. The van der Waals surface area contributed by atoms with E-state index in [0.29, 0.717) is 30.4 Å². The number of hydrogen-bond donors (Lipinski definition) is 1. The van der Waals surface area contributed by atoms with E-state index in [1.807, 2.05) is 32.1 Å². The van der Waals surface area contributed by atoms with Crippen LogP contribution in [0.1, 0.15) is 39.1 Å². The molecule has 0 saturated heterocycles. The molecule has 1 aromatic carbocycles. The molecule has 0 radical (unpaired) electrons. The fourth-order valence-corrected chi connectivity index (χ4v) is 3.56. The number of aromatic nitrogens is 3. The molecule has 0 amide bonds. The van der Waals surface area contributed by atoms with Crippen LogP contribution in [0.5, 0.6) is 0 Å². The molecule has 1 aliphatic heterocycles. The van der Waals surface area contributed by atoms with Crippen LogP contribution in [0.15, 0.2) is 78.0 Å². The first-order chi connectivity index (χ1) is 15.7. The Labute approximate surface area is 193 Å². The van der Waals surface area contributed by atoms with Gasteiger partial charge in [0.2, 0.25) is 0 Å². The summed E-state index contributed by atoms with van der Waals surface area (Å²) in [7, 11) is 0. The molecule has 33 heavy (non-hydrogen) atoms. The van der Waals surface area contributed by atoms with Crippen LogP contribution in [0.3, 0.4) is 0 Å². The van der Waals surface area contributed by atoms with Crippen LogP contribution >= 0.6 is 0 Å². The molecule has 3 heterocycles. The van der Waals surface area contributed by atoms with Gasteiger partial charge in [0.25, 0.3) is 0 Å². The van der Waals surface area contributed by atoms with E-state index >= 15 is 0 Å². The van der Waals surface area contributed by atoms with Crippen molar-refractivity contribution in [3.8, 4) is 11.4 Å². The van der Waals surface area contributed by atoms with Crippen molar-refractivity contribution in [2.24, 2.45) is 0 Å². The van der Waals surface area contributed by atoms with E-state index in [9.17, 15) is 9.50 Å². The van der Waals surface area contributed by atoms with Gasteiger partial charge in [0.1, 0.15) is 23.8 Å². The lowest BCUT2D eigenvalue weighted by atomic mass is 10.1. The quantitative estimate of drug-likeness (QED) is 0.567. The monoisotopic (exact) mass is 446 g/mol. The number of halogens is 1. The Morgan fingerprint density at radius 2 is 1.76 bits per heavy atom.